The molecular formula is C11H11Cl3O4S. The van der Waals surface area contributed by atoms with Crippen LogP contribution in [0.1, 0.15) is 12.0 Å². The van der Waals surface area contributed by atoms with Crippen molar-refractivity contribution in [2.75, 3.05) is 12.9 Å². The number of carbonyl (C=O) groups is 1. The Kier molecular flexibility index (Phi) is 5.92. The summed E-state index contributed by atoms with van der Waals surface area (Å²) >= 11 is 17.5. The highest BCUT2D eigenvalue weighted by molar-refractivity contribution is 7.90. The Hall–Kier alpha value is -0.490. The first-order valence-electron chi connectivity index (χ1n) is 5.16. The Morgan fingerprint density at radius 1 is 1.21 bits per heavy atom. The van der Waals surface area contributed by atoms with Crippen molar-refractivity contribution in [3.63, 3.8) is 0 Å². The Morgan fingerprint density at radius 2 is 1.74 bits per heavy atom. The molecule has 0 saturated heterocycles. The molecule has 1 aromatic carbocycles. The number of carbonyl (C=O) groups excluding carboxylic acids is 1. The molecule has 19 heavy (non-hydrogen) atoms. The van der Waals surface area contributed by atoms with Gasteiger partial charge in [-0.25, -0.2) is 8.42 Å². The Bertz CT molecular complexity index is 561. The van der Waals surface area contributed by atoms with Crippen molar-refractivity contribution in [1.29, 1.82) is 0 Å². The van der Waals surface area contributed by atoms with Gasteiger partial charge in [0.1, 0.15) is 0 Å². The Labute approximate surface area is 126 Å². The first-order valence-corrected chi connectivity index (χ1v) is 8.11. The summed E-state index contributed by atoms with van der Waals surface area (Å²) in [6.45, 7) is 0. The van der Waals surface area contributed by atoms with E-state index < -0.39 is 15.8 Å². The van der Waals surface area contributed by atoms with Gasteiger partial charge >= 0.3 is 5.97 Å². The van der Waals surface area contributed by atoms with Crippen molar-refractivity contribution < 1.29 is 17.9 Å². The summed E-state index contributed by atoms with van der Waals surface area (Å²) in [7, 11) is -2.31. The SMILES string of the molecule is COC(=O)CCS(=O)(=O)Cc1c(Cl)cc(Cl)cc1Cl. The lowest BCUT2D eigenvalue weighted by Gasteiger charge is -2.08. The van der Waals surface area contributed by atoms with Gasteiger partial charge in [-0.3, -0.25) is 4.79 Å². The van der Waals surface area contributed by atoms with E-state index in [-0.39, 0.29) is 33.5 Å². The monoisotopic (exact) mass is 344 g/mol. The largest absolute Gasteiger partial charge is 0.469 e. The van der Waals surface area contributed by atoms with E-state index in [4.69, 9.17) is 34.8 Å². The van der Waals surface area contributed by atoms with Crippen LogP contribution in [0, 0.1) is 0 Å². The van der Waals surface area contributed by atoms with E-state index in [0.29, 0.717) is 5.02 Å². The molecule has 0 heterocycles. The van der Waals surface area contributed by atoms with Crippen molar-refractivity contribution in [3.05, 3.63) is 32.8 Å². The molecule has 0 N–H and O–H groups in total. The normalized spacial score (nSPS) is 11.4. The highest BCUT2D eigenvalue weighted by atomic mass is 35.5. The van der Waals surface area contributed by atoms with E-state index in [0.717, 1.165) is 0 Å². The molecule has 1 aromatic rings. The minimum absolute atomic E-state index is 0.180. The molecule has 0 fully saturated rings. The molecule has 4 nitrogen and oxygen atoms in total. The average Bonchev–Trinajstić information content (AvgIpc) is 2.31. The lowest BCUT2D eigenvalue weighted by atomic mass is 10.2. The summed E-state index contributed by atoms with van der Waals surface area (Å²) in [6.07, 6.45) is -0.207. The van der Waals surface area contributed by atoms with Gasteiger partial charge in [0.2, 0.25) is 0 Å². The minimum Gasteiger partial charge on any atom is -0.469 e. The summed E-state index contributed by atoms with van der Waals surface area (Å²) in [5, 5.41) is 0.684. The lowest BCUT2D eigenvalue weighted by Crippen LogP contribution is -2.14. The second-order valence-corrected chi connectivity index (χ2v) is 7.20. The van der Waals surface area contributed by atoms with Gasteiger partial charge in [0.05, 0.1) is 25.0 Å². The van der Waals surface area contributed by atoms with Crippen molar-refractivity contribution in [1.82, 2.24) is 0 Å². The third-order valence-electron chi connectivity index (χ3n) is 2.31. The van der Waals surface area contributed by atoms with E-state index in [9.17, 15) is 13.2 Å². The molecule has 0 atom stereocenters. The molecule has 1 rings (SSSR count). The first-order chi connectivity index (χ1) is 8.75. The fraction of sp³-hybridized carbons (Fsp3) is 0.364. The van der Waals surface area contributed by atoms with Gasteiger partial charge in [0.25, 0.3) is 0 Å². The van der Waals surface area contributed by atoms with E-state index in [2.05, 4.69) is 4.74 Å². The summed E-state index contributed by atoms with van der Waals surface area (Å²) in [5.41, 5.74) is 0.276. The molecule has 0 bridgehead atoms. The fourth-order valence-electron chi connectivity index (χ4n) is 1.34. The van der Waals surface area contributed by atoms with E-state index in [1.165, 1.54) is 19.2 Å². The second kappa shape index (κ2) is 6.79. The molecule has 0 saturated carbocycles. The summed E-state index contributed by atoms with van der Waals surface area (Å²) in [6, 6.07) is 2.83. The standard InChI is InChI=1S/C11H11Cl3O4S/c1-18-11(15)2-3-19(16,17)6-8-9(13)4-7(12)5-10(8)14/h4-5H,2-3,6H2,1H3. The van der Waals surface area contributed by atoms with Crippen LogP contribution in [0.4, 0.5) is 0 Å². The third-order valence-corrected chi connectivity index (χ3v) is 4.76. The predicted molar refractivity (Wildman–Crippen MR) is 75.6 cm³/mol. The number of benzene rings is 1. The molecule has 0 radical (unpaired) electrons. The topological polar surface area (TPSA) is 60.4 Å². The van der Waals surface area contributed by atoms with Gasteiger partial charge < -0.3 is 4.74 Å². The minimum atomic E-state index is -3.51. The van der Waals surface area contributed by atoms with Gasteiger partial charge in [-0.2, -0.15) is 0 Å². The molecule has 0 aliphatic rings. The van der Waals surface area contributed by atoms with Gasteiger partial charge in [0, 0.05) is 20.6 Å². The highest BCUT2D eigenvalue weighted by Gasteiger charge is 2.19. The zero-order valence-corrected chi connectivity index (χ0v) is 13.0. The maximum absolute atomic E-state index is 11.9. The number of hydrogen-bond donors (Lipinski definition) is 0. The number of methoxy groups -OCH3 is 1. The van der Waals surface area contributed by atoms with Gasteiger partial charge in [-0.05, 0) is 12.1 Å². The second-order valence-electron chi connectivity index (χ2n) is 3.77. The van der Waals surface area contributed by atoms with Crippen LogP contribution in [-0.2, 0) is 25.1 Å². The molecule has 0 aliphatic heterocycles. The average molecular weight is 346 g/mol. The molecule has 106 valence electrons. The van der Waals surface area contributed by atoms with Crippen LogP contribution < -0.4 is 0 Å². The van der Waals surface area contributed by atoms with Crippen molar-refractivity contribution >= 4 is 50.6 Å². The smallest absolute Gasteiger partial charge is 0.306 e. The Balaban J connectivity index is 2.87. The zero-order chi connectivity index (χ0) is 14.6. The van der Waals surface area contributed by atoms with Crippen LogP contribution in [0.15, 0.2) is 12.1 Å². The molecule has 0 spiro atoms. The fourth-order valence-corrected chi connectivity index (χ4v) is 3.82. The van der Waals surface area contributed by atoms with Crippen molar-refractivity contribution in [2.45, 2.75) is 12.2 Å². The molecule has 0 unspecified atom stereocenters. The van der Waals surface area contributed by atoms with Crippen molar-refractivity contribution in [2.24, 2.45) is 0 Å². The molecule has 0 aliphatic carbocycles. The quantitative estimate of drug-likeness (QED) is 0.769. The Morgan fingerprint density at radius 3 is 2.21 bits per heavy atom. The zero-order valence-electron chi connectivity index (χ0n) is 9.95. The number of rotatable bonds is 5. The van der Waals surface area contributed by atoms with Crippen LogP contribution in [0.2, 0.25) is 15.1 Å². The van der Waals surface area contributed by atoms with Crippen LogP contribution in [0.25, 0.3) is 0 Å². The predicted octanol–water partition coefficient (Wildman–Crippen LogP) is 3.12. The summed E-state index contributed by atoms with van der Waals surface area (Å²) in [5.74, 6) is -1.26. The number of halogens is 3. The molecule has 0 aromatic heterocycles. The summed E-state index contributed by atoms with van der Waals surface area (Å²) < 4.78 is 28.1. The summed E-state index contributed by atoms with van der Waals surface area (Å²) in [4.78, 5) is 10.9. The number of hydrogen-bond acceptors (Lipinski definition) is 4. The number of esters is 1. The maximum Gasteiger partial charge on any atom is 0.306 e. The van der Waals surface area contributed by atoms with Gasteiger partial charge in [-0.15, -0.1) is 0 Å². The number of sulfone groups is 1. The van der Waals surface area contributed by atoms with Crippen molar-refractivity contribution in [3.8, 4) is 0 Å². The van der Waals surface area contributed by atoms with Crippen LogP contribution in [0.3, 0.4) is 0 Å². The lowest BCUT2D eigenvalue weighted by molar-refractivity contribution is -0.140. The van der Waals surface area contributed by atoms with E-state index in [1.807, 2.05) is 0 Å². The molecule has 8 heteroatoms. The number of ether oxygens (including phenoxy) is 1. The van der Waals surface area contributed by atoms with E-state index in [1.54, 1.807) is 0 Å². The molecular weight excluding hydrogens is 335 g/mol. The van der Waals surface area contributed by atoms with Gasteiger partial charge in [0.15, 0.2) is 9.84 Å². The molecule has 0 amide bonds. The highest BCUT2D eigenvalue weighted by Crippen LogP contribution is 2.30. The first kappa shape index (κ1) is 16.6. The van der Waals surface area contributed by atoms with Gasteiger partial charge in [-0.1, -0.05) is 34.8 Å². The van der Waals surface area contributed by atoms with Crippen LogP contribution in [-0.4, -0.2) is 27.2 Å². The third kappa shape index (κ3) is 5.18. The van der Waals surface area contributed by atoms with Crippen LogP contribution in [0.5, 0.6) is 0 Å². The van der Waals surface area contributed by atoms with Crippen LogP contribution >= 0.6 is 34.8 Å². The van der Waals surface area contributed by atoms with E-state index >= 15 is 0 Å². The maximum atomic E-state index is 11.9.